The van der Waals surface area contributed by atoms with Crippen molar-refractivity contribution in [1.82, 2.24) is 5.32 Å². The van der Waals surface area contributed by atoms with Gasteiger partial charge in [-0.05, 0) is 35.9 Å². The van der Waals surface area contributed by atoms with E-state index in [0.717, 1.165) is 12.1 Å². The van der Waals surface area contributed by atoms with Crippen molar-refractivity contribution in [3.05, 3.63) is 59.7 Å². The topological polar surface area (TPSA) is 84.5 Å². The molecule has 1 amide bonds. The molecule has 0 aromatic heterocycles. The van der Waals surface area contributed by atoms with Crippen LogP contribution in [0.1, 0.15) is 5.56 Å². The normalized spacial score (nSPS) is 11.2. The maximum atomic E-state index is 13.7. The van der Waals surface area contributed by atoms with E-state index in [1.807, 2.05) is 0 Å². The lowest BCUT2D eigenvalue weighted by Crippen LogP contribution is -2.28. The van der Waals surface area contributed by atoms with Crippen LogP contribution < -0.4 is 10.0 Å². The van der Waals surface area contributed by atoms with E-state index in [4.69, 9.17) is 4.74 Å². The lowest BCUT2D eigenvalue weighted by Gasteiger charge is -2.10. The molecule has 0 saturated heterocycles. The Kier molecular flexibility index (Phi) is 6.64. The second-order valence-electron chi connectivity index (χ2n) is 5.40. The molecule has 2 aromatic carbocycles. The van der Waals surface area contributed by atoms with Crippen LogP contribution in [0.4, 0.5) is 14.5 Å². The number of amides is 1. The van der Waals surface area contributed by atoms with E-state index in [9.17, 15) is 22.0 Å². The van der Waals surface area contributed by atoms with Crippen LogP contribution in [0, 0.1) is 11.6 Å². The molecular formula is C17H18F2N2O4S. The summed E-state index contributed by atoms with van der Waals surface area (Å²) >= 11 is 0. The van der Waals surface area contributed by atoms with Crippen molar-refractivity contribution in [2.75, 3.05) is 25.0 Å². The molecule has 9 heteroatoms. The number of carbonyl (C=O) groups excluding carboxylic acids is 1. The third kappa shape index (κ3) is 5.50. The monoisotopic (exact) mass is 384 g/mol. The first-order chi connectivity index (χ1) is 12.3. The average Bonchev–Trinajstić information content (AvgIpc) is 2.59. The molecule has 0 aliphatic heterocycles. The van der Waals surface area contributed by atoms with Gasteiger partial charge in [-0.2, -0.15) is 0 Å². The molecule has 6 nitrogen and oxygen atoms in total. The number of hydrogen-bond acceptors (Lipinski definition) is 4. The summed E-state index contributed by atoms with van der Waals surface area (Å²) in [6.45, 7) is 0.801. The molecule has 0 atom stereocenters. The van der Waals surface area contributed by atoms with E-state index in [0.29, 0.717) is 24.8 Å². The zero-order valence-corrected chi connectivity index (χ0v) is 14.8. The molecule has 0 aliphatic carbocycles. The largest absolute Gasteiger partial charge is 0.383 e. The van der Waals surface area contributed by atoms with Crippen LogP contribution in [0.3, 0.4) is 0 Å². The zero-order valence-electron chi connectivity index (χ0n) is 14.0. The summed E-state index contributed by atoms with van der Waals surface area (Å²) < 4.78 is 58.2. The van der Waals surface area contributed by atoms with Gasteiger partial charge in [0.1, 0.15) is 16.5 Å². The van der Waals surface area contributed by atoms with Crippen molar-refractivity contribution in [2.24, 2.45) is 0 Å². The van der Waals surface area contributed by atoms with Gasteiger partial charge in [-0.25, -0.2) is 17.2 Å². The Balaban J connectivity index is 2.04. The summed E-state index contributed by atoms with van der Waals surface area (Å²) in [5.74, 6) is -2.11. The van der Waals surface area contributed by atoms with Gasteiger partial charge in [0.25, 0.3) is 10.0 Å². The molecule has 26 heavy (non-hydrogen) atoms. The van der Waals surface area contributed by atoms with Crippen LogP contribution in [0.2, 0.25) is 0 Å². The minimum Gasteiger partial charge on any atom is -0.383 e. The van der Waals surface area contributed by atoms with Gasteiger partial charge >= 0.3 is 0 Å². The van der Waals surface area contributed by atoms with Gasteiger partial charge in [-0.3, -0.25) is 9.52 Å². The summed E-state index contributed by atoms with van der Waals surface area (Å²) in [7, 11) is -2.75. The lowest BCUT2D eigenvalue weighted by molar-refractivity contribution is -0.120. The van der Waals surface area contributed by atoms with Crippen LogP contribution in [0.5, 0.6) is 0 Å². The van der Waals surface area contributed by atoms with E-state index in [-0.39, 0.29) is 18.0 Å². The van der Waals surface area contributed by atoms with E-state index in [2.05, 4.69) is 10.0 Å². The van der Waals surface area contributed by atoms with Crippen molar-refractivity contribution in [3.8, 4) is 0 Å². The first kappa shape index (κ1) is 19.8. The first-order valence-electron chi connectivity index (χ1n) is 7.64. The number of carbonyl (C=O) groups is 1. The Morgan fingerprint density at radius 2 is 1.81 bits per heavy atom. The van der Waals surface area contributed by atoms with E-state index in [1.165, 1.54) is 19.2 Å². The molecule has 0 spiro atoms. The van der Waals surface area contributed by atoms with Gasteiger partial charge in [0.15, 0.2) is 0 Å². The number of nitrogens with one attached hydrogen (secondary N) is 2. The van der Waals surface area contributed by atoms with Crippen molar-refractivity contribution < 1.29 is 26.7 Å². The van der Waals surface area contributed by atoms with Crippen LogP contribution in [0.25, 0.3) is 0 Å². The Morgan fingerprint density at radius 1 is 1.12 bits per heavy atom. The van der Waals surface area contributed by atoms with Gasteiger partial charge in [0.2, 0.25) is 5.91 Å². The minimum atomic E-state index is -4.28. The summed E-state index contributed by atoms with van der Waals surface area (Å²) in [5, 5.41) is 2.67. The van der Waals surface area contributed by atoms with E-state index in [1.54, 1.807) is 12.1 Å². The van der Waals surface area contributed by atoms with E-state index >= 15 is 0 Å². The fraction of sp³-hybridized carbons (Fsp3) is 0.235. The number of anilines is 1. The number of ether oxygens (including phenoxy) is 1. The minimum absolute atomic E-state index is 0.120. The molecule has 0 heterocycles. The highest BCUT2D eigenvalue weighted by Crippen LogP contribution is 2.20. The van der Waals surface area contributed by atoms with Crippen LogP contribution in [0.15, 0.2) is 47.4 Å². The first-order valence-corrected chi connectivity index (χ1v) is 9.12. The second-order valence-corrected chi connectivity index (χ2v) is 7.05. The summed E-state index contributed by atoms with van der Waals surface area (Å²) in [4.78, 5) is 10.9. The maximum absolute atomic E-state index is 13.7. The highest BCUT2D eigenvalue weighted by Gasteiger charge is 2.20. The number of sulfonamides is 1. The molecule has 2 aromatic rings. The highest BCUT2D eigenvalue weighted by molar-refractivity contribution is 7.92. The predicted molar refractivity (Wildman–Crippen MR) is 92.2 cm³/mol. The SMILES string of the molecule is COCCNC(=O)Cc1ccc(NS(=O)(=O)c2cc(F)ccc2F)cc1. The Morgan fingerprint density at radius 3 is 2.46 bits per heavy atom. The Labute approximate surface area is 150 Å². The average molecular weight is 384 g/mol. The lowest BCUT2D eigenvalue weighted by atomic mass is 10.1. The third-order valence-electron chi connectivity index (χ3n) is 3.38. The molecule has 0 fully saturated rings. The van der Waals surface area contributed by atoms with Crippen molar-refractivity contribution >= 4 is 21.6 Å². The fourth-order valence-electron chi connectivity index (χ4n) is 2.12. The molecule has 0 aliphatic rings. The van der Waals surface area contributed by atoms with E-state index < -0.39 is 26.6 Å². The van der Waals surface area contributed by atoms with Gasteiger partial charge in [0.05, 0.1) is 13.0 Å². The molecule has 140 valence electrons. The highest BCUT2D eigenvalue weighted by atomic mass is 32.2. The van der Waals surface area contributed by atoms with Crippen molar-refractivity contribution in [3.63, 3.8) is 0 Å². The van der Waals surface area contributed by atoms with Crippen molar-refractivity contribution in [2.45, 2.75) is 11.3 Å². The van der Waals surface area contributed by atoms with Gasteiger partial charge in [-0.1, -0.05) is 12.1 Å². The fourth-order valence-corrected chi connectivity index (χ4v) is 3.27. The molecule has 2 rings (SSSR count). The maximum Gasteiger partial charge on any atom is 0.264 e. The molecule has 0 saturated carbocycles. The zero-order chi connectivity index (χ0) is 19.2. The standard InChI is InChI=1S/C17H18F2N2O4S/c1-25-9-8-20-17(22)10-12-2-5-14(6-3-12)21-26(23,24)16-11-13(18)4-7-15(16)19/h2-7,11,21H,8-10H2,1H3,(H,20,22). The van der Waals surface area contributed by atoms with Crippen LogP contribution >= 0.6 is 0 Å². The number of rotatable bonds is 8. The molecular weight excluding hydrogens is 366 g/mol. The van der Waals surface area contributed by atoms with Crippen LogP contribution in [-0.4, -0.2) is 34.6 Å². The Bertz CT molecular complexity index is 871. The molecule has 2 N–H and O–H groups in total. The Hall–Kier alpha value is -2.52. The van der Waals surface area contributed by atoms with Crippen molar-refractivity contribution in [1.29, 1.82) is 0 Å². The third-order valence-corrected chi connectivity index (χ3v) is 4.78. The number of hydrogen-bond donors (Lipinski definition) is 2. The smallest absolute Gasteiger partial charge is 0.264 e. The summed E-state index contributed by atoms with van der Waals surface area (Å²) in [6, 6.07) is 8.19. The van der Waals surface area contributed by atoms with Gasteiger partial charge < -0.3 is 10.1 Å². The number of methoxy groups -OCH3 is 1. The predicted octanol–water partition coefficient (Wildman–Crippen LogP) is 2.07. The van der Waals surface area contributed by atoms with Crippen LogP contribution in [-0.2, 0) is 26.0 Å². The molecule has 0 bridgehead atoms. The second kappa shape index (κ2) is 8.72. The summed E-state index contributed by atoms with van der Waals surface area (Å²) in [6.07, 6.45) is 0.120. The summed E-state index contributed by atoms with van der Waals surface area (Å²) in [5.41, 5.74) is 0.831. The number of benzene rings is 2. The van der Waals surface area contributed by atoms with Gasteiger partial charge in [0, 0.05) is 19.3 Å². The molecule has 0 radical (unpaired) electrons. The molecule has 0 unspecified atom stereocenters. The van der Waals surface area contributed by atoms with Gasteiger partial charge in [-0.15, -0.1) is 0 Å². The number of halogens is 2. The quantitative estimate of drug-likeness (QED) is 0.683.